The quantitative estimate of drug-likeness (QED) is 0.674. The molecule has 0 aliphatic carbocycles. The standard InChI is InChI=1S/C14H19/c1-6-7-8-14-11(3)9-10(2)12(4)13(14)5/h1,6,9H,7-8H2,2-5H3. The van der Waals surface area contributed by atoms with Crippen molar-refractivity contribution in [2.45, 2.75) is 40.5 Å². The molecule has 75 valence electrons. The molecule has 0 nitrogen and oxygen atoms in total. The molecule has 0 saturated carbocycles. The minimum Gasteiger partial charge on any atom is -0.0842 e. The van der Waals surface area contributed by atoms with Gasteiger partial charge in [-0.2, -0.15) is 0 Å². The van der Waals surface area contributed by atoms with E-state index < -0.39 is 0 Å². The van der Waals surface area contributed by atoms with Gasteiger partial charge in [0.05, 0.1) is 0 Å². The van der Waals surface area contributed by atoms with Crippen molar-refractivity contribution in [3.8, 4) is 0 Å². The van der Waals surface area contributed by atoms with Crippen LogP contribution in [0.15, 0.2) is 12.1 Å². The van der Waals surface area contributed by atoms with E-state index in [1.54, 1.807) is 6.08 Å². The van der Waals surface area contributed by atoms with E-state index in [-0.39, 0.29) is 0 Å². The van der Waals surface area contributed by atoms with Gasteiger partial charge in [-0.05, 0) is 68.4 Å². The van der Waals surface area contributed by atoms with Crippen molar-refractivity contribution < 1.29 is 0 Å². The van der Waals surface area contributed by atoms with Gasteiger partial charge in [0.15, 0.2) is 0 Å². The maximum atomic E-state index is 5.42. The molecule has 0 amide bonds. The number of allylic oxidation sites excluding steroid dienone is 1. The molecule has 1 rings (SSSR count). The molecule has 1 aromatic rings. The molecule has 0 saturated heterocycles. The zero-order chi connectivity index (χ0) is 10.7. The Bertz CT molecular complexity index is 346. The highest BCUT2D eigenvalue weighted by Gasteiger charge is 2.06. The Balaban J connectivity index is 3.15. The topological polar surface area (TPSA) is 0 Å². The van der Waals surface area contributed by atoms with Crippen molar-refractivity contribution in [2.24, 2.45) is 0 Å². The minimum atomic E-state index is 0.962. The van der Waals surface area contributed by atoms with E-state index in [0.29, 0.717) is 0 Å². The molecule has 1 aromatic carbocycles. The van der Waals surface area contributed by atoms with Crippen molar-refractivity contribution in [3.63, 3.8) is 0 Å². The Labute approximate surface area is 87.7 Å². The van der Waals surface area contributed by atoms with Crippen LogP contribution in [-0.4, -0.2) is 0 Å². The molecule has 0 N–H and O–H groups in total. The summed E-state index contributed by atoms with van der Waals surface area (Å²) < 4.78 is 0. The highest BCUT2D eigenvalue weighted by molar-refractivity contribution is 5.44. The van der Waals surface area contributed by atoms with E-state index in [1.165, 1.54) is 27.8 Å². The molecule has 1 radical (unpaired) electrons. The highest BCUT2D eigenvalue weighted by atomic mass is 14.1. The van der Waals surface area contributed by atoms with Gasteiger partial charge in [-0.25, -0.2) is 0 Å². The second-order valence-electron chi connectivity index (χ2n) is 4.01. The summed E-state index contributed by atoms with van der Waals surface area (Å²) in [7, 11) is 0. The van der Waals surface area contributed by atoms with Crippen LogP contribution in [0.1, 0.15) is 34.2 Å². The Morgan fingerprint density at radius 3 is 2.29 bits per heavy atom. The Hall–Kier alpha value is -1.04. The Kier molecular flexibility index (Phi) is 3.51. The Morgan fingerprint density at radius 1 is 1.07 bits per heavy atom. The molecule has 0 heterocycles. The fourth-order valence-electron chi connectivity index (χ4n) is 1.95. The first-order valence-corrected chi connectivity index (χ1v) is 5.17. The highest BCUT2D eigenvalue weighted by Crippen LogP contribution is 2.22. The molecular formula is C14H19. The zero-order valence-corrected chi connectivity index (χ0v) is 9.65. The van der Waals surface area contributed by atoms with E-state index in [1.807, 2.05) is 0 Å². The molecule has 0 fully saturated rings. The van der Waals surface area contributed by atoms with Crippen molar-refractivity contribution in [3.05, 3.63) is 46.5 Å². The molecule has 14 heavy (non-hydrogen) atoms. The van der Waals surface area contributed by atoms with Crippen LogP contribution in [0.4, 0.5) is 0 Å². The summed E-state index contributed by atoms with van der Waals surface area (Å²) in [6.45, 7) is 14.2. The zero-order valence-electron chi connectivity index (χ0n) is 9.65. The van der Waals surface area contributed by atoms with Gasteiger partial charge in [0.2, 0.25) is 0 Å². The van der Waals surface area contributed by atoms with Gasteiger partial charge in [0.1, 0.15) is 0 Å². The lowest BCUT2D eigenvalue weighted by Crippen LogP contribution is -1.98. The fourth-order valence-corrected chi connectivity index (χ4v) is 1.95. The predicted molar refractivity (Wildman–Crippen MR) is 62.6 cm³/mol. The van der Waals surface area contributed by atoms with Crippen molar-refractivity contribution >= 4 is 0 Å². The van der Waals surface area contributed by atoms with E-state index in [0.717, 1.165) is 12.8 Å². The van der Waals surface area contributed by atoms with Gasteiger partial charge in [0, 0.05) is 0 Å². The summed E-state index contributed by atoms with van der Waals surface area (Å²) in [5.74, 6) is 0. The van der Waals surface area contributed by atoms with E-state index in [4.69, 9.17) is 6.58 Å². The van der Waals surface area contributed by atoms with E-state index >= 15 is 0 Å². The molecule has 0 atom stereocenters. The molecule has 0 bridgehead atoms. The van der Waals surface area contributed by atoms with Gasteiger partial charge in [-0.3, -0.25) is 0 Å². The molecular weight excluding hydrogens is 168 g/mol. The Morgan fingerprint density at radius 2 is 1.71 bits per heavy atom. The summed E-state index contributed by atoms with van der Waals surface area (Å²) in [6, 6.07) is 2.27. The largest absolute Gasteiger partial charge is 0.0842 e. The van der Waals surface area contributed by atoms with Gasteiger partial charge >= 0.3 is 0 Å². The third-order valence-corrected chi connectivity index (χ3v) is 3.08. The van der Waals surface area contributed by atoms with E-state index in [9.17, 15) is 0 Å². The molecule has 0 aliphatic rings. The van der Waals surface area contributed by atoms with E-state index in [2.05, 4.69) is 33.8 Å². The monoisotopic (exact) mass is 187 g/mol. The average Bonchev–Trinajstić information content (AvgIpc) is 2.14. The van der Waals surface area contributed by atoms with Crippen LogP contribution in [-0.2, 0) is 6.42 Å². The van der Waals surface area contributed by atoms with Crippen molar-refractivity contribution in [1.29, 1.82) is 0 Å². The summed E-state index contributed by atoms with van der Waals surface area (Å²) in [6.07, 6.45) is 3.77. The smallest absolute Gasteiger partial charge is 0.0239 e. The third-order valence-electron chi connectivity index (χ3n) is 3.08. The summed E-state index contributed by atoms with van der Waals surface area (Å²) in [5, 5.41) is 0. The number of benzene rings is 1. The number of aryl methyl sites for hydroxylation is 2. The van der Waals surface area contributed by atoms with Gasteiger partial charge in [-0.1, -0.05) is 18.7 Å². The first-order valence-electron chi connectivity index (χ1n) is 5.17. The molecule has 0 heteroatoms. The molecule has 0 aromatic heterocycles. The lowest BCUT2D eigenvalue weighted by atomic mass is 9.92. The lowest BCUT2D eigenvalue weighted by molar-refractivity contribution is 0.963. The van der Waals surface area contributed by atoms with Crippen molar-refractivity contribution in [2.75, 3.05) is 0 Å². The summed E-state index contributed by atoms with van der Waals surface area (Å²) in [4.78, 5) is 0. The second-order valence-corrected chi connectivity index (χ2v) is 4.01. The van der Waals surface area contributed by atoms with Crippen LogP contribution in [0, 0.1) is 34.3 Å². The maximum absolute atomic E-state index is 5.42. The van der Waals surface area contributed by atoms with Crippen LogP contribution in [0.3, 0.4) is 0 Å². The fraction of sp³-hybridized carbons (Fsp3) is 0.429. The molecule has 0 aliphatic heterocycles. The van der Waals surface area contributed by atoms with Crippen LogP contribution in [0.2, 0.25) is 0 Å². The van der Waals surface area contributed by atoms with Gasteiger partial charge in [0.25, 0.3) is 0 Å². The predicted octanol–water partition coefficient (Wildman–Crippen LogP) is 3.84. The number of hydrogen-bond acceptors (Lipinski definition) is 0. The third kappa shape index (κ3) is 2.06. The van der Waals surface area contributed by atoms with Crippen LogP contribution < -0.4 is 0 Å². The molecule has 0 unspecified atom stereocenters. The van der Waals surface area contributed by atoms with Gasteiger partial charge < -0.3 is 0 Å². The minimum absolute atomic E-state index is 0.962. The van der Waals surface area contributed by atoms with Crippen LogP contribution in [0.5, 0.6) is 0 Å². The van der Waals surface area contributed by atoms with Crippen LogP contribution in [0.25, 0.3) is 0 Å². The number of rotatable bonds is 3. The maximum Gasteiger partial charge on any atom is -0.0239 e. The summed E-state index contributed by atoms with van der Waals surface area (Å²) >= 11 is 0. The van der Waals surface area contributed by atoms with Crippen molar-refractivity contribution in [1.82, 2.24) is 0 Å². The van der Waals surface area contributed by atoms with Gasteiger partial charge in [-0.15, -0.1) is 0 Å². The summed E-state index contributed by atoms with van der Waals surface area (Å²) in [5.41, 5.74) is 7.11. The SMILES string of the molecule is [CH]=CCCc1c(C)cc(C)c(C)c1C. The average molecular weight is 187 g/mol. The second kappa shape index (κ2) is 4.45. The van der Waals surface area contributed by atoms with Crippen LogP contribution >= 0.6 is 0 Å². The normalized spacial score (nSPS) is 10.3. The lowest BCUT2D eigenvalue weighted by Gasteiger charge is -2.14. The molecule has 0 spiro atoms. The number of hydrogen-bond donors (Lipinski definition) is 0. The first-order chi connectivity index (χ1) is 6.57. The first kappa shape index (κ1) is 11.0.